The number of carbonyl (C=O) groups excluding carboxylic acids is 1. The average molecular weight is 339 g/mol. The molecule has 0 bridgehead atoms. The number of nitrogens with zero attached hydrogens (tertiary/aromatic N) is 2. The summed E-state index contributed by atoms with van der Waals surface area (Å²) in [6, 6.07) is 18.1. The lowest BCUT2D eigenvalue weighted by atomic mass is 10.3. The Labute approximate surface area is 146 Å². The molecule has 1 N–H and O–H groups in total. The van der Waals surface area contributed by atoms with Crippen LogP contribution >= 0.6 is 11.8 Å². The first-order valence-electron chi connectivity index (χ1n) is 8.21. The molecule has 0 unspecified atom stereocenters. The number of carbonyl (C=O) groups is 1. The van der Waals surface area contributed by atoms with Gasteiger partial charge in [-0.25, -0.2) is 4.98 Å². The van der Waals surface area contributed by atoms with Crippen LogP contribution in [0.5, 0.6) is 0 Å². The van der Waals surface area contributed by atoms with Crippen molar-refractivity contribution >= 4 is 34.7 Å². The van der Waals surface area contributed by atoms with E-state index in [1.54, 1.807) is 11.8 Å². The van der Waals surface area contributed by atoms with Gasteiger partial charge < -0.3 is 4.57 Å². The van der Waals surface area contributed by atoms with E-state index in [2.05, 4.69) is 33.9 Å². The second kappa shape index (κ2) is 8.02. The molecule has 124 valence electrons. The number of aromatic nitrogens is 2. The van der Waals surface area contributed by atoms with Crippen LogP contribution in [0.1, 0.15) is 19.8 Å². The molecule has 0 atom stereocenters. The number of anilines is 1. The molecule has 0 spiro atoms. The van der Waals surface area contributed by atoms with Gasteiger partial charge in [-0.1, -0.05) is 37.3 Å². The molecule has 3 aromatic rings. The minimum Gasteiger partial charge on any atom is -0.310 e. The fourth-order valence-corrected chi connectivity index (χ4v) is 3.46. The lowest BCUT2D eigenvalue weighted by Crippen LogP contribution is -2.16. The summed E-state index contributed by atoms with van der Waals surface area (Å²) in [6.07, 6.45) is 1.46. The van der Waals surface area contributed by atoms with Crippen molar-refractivity contribution in [1.82, 2.24) is 9.55 Å². The van der Waals surface area contributed by atoms with Gasteiger partial charge in [0.05, 0.1) is 11.0 Å². The van der Waals surface area contributed by atoms with Crippen LogP contribution in [0.4, 0.5) is 5.95 Å². The van der Waals surface area contributed by atoms with Crippen molar-refractivity contribution in [3.8, 4) is 0 Å². The van der Waals surface area contributed by atoms with E-state index in [4.69, 9.17) is 0 Å². The predicted molar refractivity (Wildman–Crippen MR) is 100 cm³/mol. The molecule has 0 aliphatic rings. The number of rotatable bonds is 7. The summed E-state index contributed by atoms with van der Waals surface area (Å²) >= 11 is 1.69. The van der Waals surface area contributed by atoms with Crippen LogP contribution in [-0.2, 0) is 11.3 Å². The zero-order chi connectivity index (χ0) is 16.8. The molecule has 0 radical (unpaired) electrons. The molecule has 4 nitrogen and oxygen atoms in total. The van der Waals surface area contributed by atoms with E-state index in [9.17, 15) is 4.79 Å². The lowest BCUT2D eigenvalue weighted by Gasteiger charge is -2.09. The van der Waals surface area contributed by atoms with E-state index in [0.717, 1.165) is 29.8 Å². The SMILES string of the molecule is CCCn1c(NC(=O)CCSc2ccccc2)nc2ccccc21. The summed E-state index contributed by atoms with van der Waals surface area (Å²) in [5.74, 6) is 1.41. The first-order chi connectivity index (χ1) is 11.8. The topological polar surface area (TPSA) is 46.9 Å². The van der Waals surface area contributed by atoms with Crippen molar-refractivity contribution in [2.45, 2.75) is 31.2 Å². The van der Waals surface area contributed by atoms with E-state index >= 15 is 0 Å². The van der Waals surface area contributed by atoms with Gasteiger partial charge in [0.1, 0.15) is 0 Å². The largest absolute Gasteiger partial charge is 0.310 e. The standard InChI is InChI=1S/C19H21N3OS/c1-2-13-22-17-11-7-6-10-16(17)20-19(22)21-18(23)12-14-24-15-8-4-3-5-9-15/h3-11H,2,12-14H2,1H3,(H,20,21,23). The average Bonchev–Trinajstić information content (AvgIpc) is 2.94. The highest BCUT2D eigenvalue weighted by Crippen LogP contribution is 2.21. The Hall–Kier alpha value is -2.27. The molecule has 1 aromatic heterocycles. The molecule has 3 rings (SSSR count). The third-order valence-electron chi connectivity index (χ3n) is 3.69. The smallest absolute Gasteiger partial charge is 0.227 e. The van der Waals surface area contributed by atoms with Gasteiger partial charge in [-0.15, -0.1) is 11.8 Å². The lowest BCUT2D eigenvalue weighted by molar-refractivity contribution is -0.115. The maximum absolute atomic E-state index is 12.3. The van der Waals surface area contributed by atoms with Gasteiger partial charge in [-0.05, 0) is 30.7 Å². The molecule has 24 heavy (non-hydrogen) atoms. The Morgan fingerprint density at radius 3 is 2.67 bits per heavy atom. The van der Waals surface area contributed by atoms with E-state index in [-0.39, 0.29) is 5.91 Å². The molecular weight excluding hydrogens is 318 g/mol. The Balaban J connectivity index is 1.63. The third kappa shape index (κ3) is 3.97. The fraction of sp³-hybridized carbons (Fsp3) is 0.263. The minimum atomic E-state index is 0.00564. The van der Waals surface area contributed by atoms with Crippen molar-refractivity contribution in [2.75, 3.05) is 11.1 Å². The number of para-hydroxylation sites is 2. The second-order valence-electron chi connectivity index (χ2n) is 5.54. The quantitative estimate of drug-likeness (QED) is 0.642. The Kier molecular flexibility index (Phi) is 5.54. The molecule has 0 fully saturated rings. The van der Waals surface area contributed by atoms with E-state index in [1.807, 2.05) is 42.5 Å². The maximum Gasteiger partial charge on any atom is 0.227 e. The fourth-order valence-electron chi connectivity index (χ4n) is 2.59. The summed E-state index contributed by atoms with van der Waals surface area (Å²) in [7, 11) is 0. The second-order valence-corrected chi connectivity index (χ2v) is 6.70. The maximum atomic E-state index is 12.3. The number of benzene rings is 2. The molecule has 5 heteroatoms. The highest BCUT2D eigenvalue weighted by atomic mass is 32.2. The first-order valence-corrected chi connectivity index (χ1v) is 9.19. The van der Waals surface area contributed by atoms with Gasteiger partial charge in [0, 0.05) is 23.6 Å². The van der Waals surface area contributed by atoms with Gasteiger partial charge in [0.25, 0.3) is 0 Å². The Morgan fingerprint density at radius 2 is 1.88 bits per heavy atom. The van der Waals surface area contributed by atoms with E-state index in [1.165, 1.54) is 4.90 Å². The number of nitrogens with one attached hydrogen (secondary N) is 1. The number of amides is 1. The van der Waals surface area contributed by atoms with Crippen molar-refractivity contribution in [2.24, 2.45) is 0 Å². The molecule has 1 amide bonds. The minimum absolute atomic E-state index is 0.00564. The molecule has 2 aromatic carbocycles. The number of imidazole rings is 1. The van der Waals surface area contributed by atoms with Gasteiger partial charge in [-0.2, -0.15) is 0 Å². The van der Waals surface area contributed by atoms with Gasteiger partial charge in [0.15, 0.2) is 0 Å². The normalized spacial score (nSPS) is 10.9. The van der Waals surface area contributed by atoms with Crippen molar-refractivity contribution in [3.63, 3.8) is 0 Å². The molecule has 1 heterocycles. The van der Waals surface area contributed by atoms with Crippen LogP contribution in [0.25, 0.3) is 11.0 Å². The summed E-state index contributed by atoms with van der Waals surface area (Å²) in [5.41, 5.74) is 1.98. The Bertz CT molecular complexity index is 814. The zero-order valence-electron chi connectivity index (χ0n) is 13.7. The highest BCUT2D eigenvalue weighted by Gasteiger charge is 2.12. The highest BCUT2D eigenvalue weighted by molar-refractivity contribution is 7.99. The van der Waals surface area contributed by atoms with Crippen molar-refractivity contribution < 1.29 is 4.79 Å². The van der Waals surface area contributed by atoms with Crippen molar-refractivity contribution in [3.05, 3.63) is 54.6 Å². The van der Waals surface area contributed by atoms with Gasteiger partial charge >= 0.3 is 0 Å². The van der Waals surface area contributed by atoms with E-state index < -0.39 is 0 Å². The zero-order valence-corrected chi connectivity index (χ0v) is 14.6. The summed E-state index contributed by atoms with van der Waals surface area (Å²) in [5, 5.41) is 2.97. The number of fused-ring (bicyclic) bond motifs is 1. The number of thioether (sulfide) groups is 1. The third-order valence-corrected chi connectivity index (χ3v) is 4.71. The molecular formula is C19H21N3OS. The predicted octanol–water partition coefficient (Wildman–Crippen LogP) is 4.57. The number of hydrogen-bond donors (Lipinski definition) is 1. The summed E-state index contributed by atoms with van der Waals surface area (Å²) in [4.78, 5) is 18.0. The van der Waals surface area contributed by atoms with Crippen LogP contribution < -0.4 is 5.32 Å². The van der Waals surface area contributed by atoms with Gasteiger partial charge in [-0.3, -0.25) is 10.1 Å². The Morgan fingerprint density at radius 1 is 1.12 bits per heavy atom. The molecule has 0 aliphatic heterocycles. The summed E-state index contributed by atoms with van der Waals surface area (Å²) in [6.45, 7) is 2.96. The first kappa shape index (κ1) is 16.6. The van der Waals surface area contributed by atoms with E-state index in [0.29, 0.717) is 12.4 Å². The van der Waals surface area contributed by atoms with Crippen LogP contribution in [0, 0.1) is 0 Å². The van der Waals surface area contributed by atoms with Crippen molar-refractivity contribution in [1.29, 1.82) is 0 Å². The molecule has 0 aliphatic carbocycles. The molecule has 0 saturated heterocycles. The van der Waals surface area contributed by atoms with Crippen LogP contribution in [-0.4, -0.2) is 21.2 Å². The number of hydrogen-bond acceptors (Lipinski definition) is 3. The van der Waals surface area contributed by atoms with Crippen LogP contribution in [0.2, 0.25) is 0 Å². The molecule has 0 saturated carbocycles. The summed E-state index contributed by atoms with van der Waals surface area (Å²) < 4.78 is 2.08. The van der Waals surface area contributed by atoms with Crippen LogP contribution in [0.15, 0.2) is 59.5 Å². The van der Waals surface area contributed by atoms with Crippen LogP contribution in [0.3, 0.4) is 0 Å². The monoisotopic (exact) mass is 339 g/mol. The number of aryl methyl sites for hydroxylation is 1. The van der Waals surface area contributed by atoms with Gasteiger partial charge in [0.2, 0.25) is 11.9 Å².